The molecule has 0 aliphatic rings. The van der Waals surface area contributed by atoms with Crippen molar-refractivity contribution < 1.29 is 9.59 Å². The molecule has 0 atom stereocenters. The van der Waals surface area contributed by atoms with Crippen LogP contribution in [0, 0.1) is 0 Å². The molecular formula is C22H21N7O2S3. The molecule has 0 fully saturated rings. The molecule has 0 aliphatic carbocycles. The molecule has 174 valence electrons. The number of carbonyl (C=O) groups is 2. The van der Waals surface area contributed by atoms with E-state index in [1.54, 1.807) is 24.0 Å². The topological polar surface area (TPSA) is 123 Å². The Bertz CT molecular complexity index is 1120. The number of hydrogen-bond donors (Lipinski definition) is 2. The predicted molar refractivity (Wildman–Crippen MR) is 135 cm³/mol. The van der Waals surface area contributed by atoms with E-state index in [-0.39, 0.29) is 18.2 Å². The Labute approximate surface area is 208 Å². The maximum absolute atomic E-state index is 12.2. The van der Waals surface area contributed by atoms with Gasteiger partial charge < -0.3 is 10.6 Å². The average Bonchev–Trinajstić information content (AvgIpc) is 3.47. The summed E-state index contributed by atoms with van der Waals surface area (Å²) in [6.45, 7) is 0. The third kappa shape index (κ3) is 7.68. The van der Waals surface area contributed by atoms with E-state index in [2.05, 4.69) is 36.0 Å². The van der Waals surface area contributed by atoms with Crippen molar-refractivity contribution in [2.24, 2.45) is 0 Å². The van der Waals surface area contributed by atoms with E-state index in [0.29, 0.717) is 28.1 Å². The summed E-state index contributed by atoms with van der Waals surface area (Å²) in [5.41, 5.74) is 1.66. The second-order valence-corrected chi connectivity index (χ2v) is 10.3. The predicted octanol–water partition coefficient (Wildman–Crippen LogP) is 3.62. The largest absolute Gasteiger partial charge is 0.300 e. The number of aryl methyl sites for hydroxylation is 1. The summed E-state index contributed by atoms with van der Waals surface area (Å²) >= 11 is 4.44. The standard InChI is InChI=1S/C22H21N7O2S3/c30-17(12-15-6-2-1-3-7-15)24-21-28-26-19(33-21)9-11-32-14-20-27-29-22(34-20)25-18(31)13-16-8-4-5-10-23-16/h1-8,10H,9,11-14H2,(H,24,28,30)(H,25,29,31). The van der Waals surface area contributed by atoms with Gasteiger partial charge in [0.1, 0.15) is 10.0 Å². The monoisotopic (exact) mass is 511 g/mol. The zero-order chi connectivity index (χ0) is 23.6. The van der Waals surface area contributed by atoms with Gasteiger partial charge >= 0.3 is 0 Å². The zero-order valence-corrected chi connectivity index (χ0v) is 20.5. The smallest absolute Gasteiger partial charge is 0.232 e. The second-order valence-electron chi connectivity index (χ2n) is 7.06. The lowest BCUT2D eigenvalue weighted by Gasteiger charge is -2.00. The number of aromatic nitrogens is 5. The number of amides is 2. The number of hydrogen-bond acceptors (Lipinski definition) is 10. The summed E-state index contributed by atoms with van der Waals surface area (Å²) in [7, 11) is 0. The zero-order valence-electron chi connectivity index (χ0n) is 18.0. The molecule has 0 bridgehead atoms. The maximum atomic E-state index is 12.2. The molecule has 0 saturated carbocycles. The van der Waals surface area contributed by atoms with Gasteiger partial charge in [0.05, 0.1) is 12.8 Å². The van der Waals surface area contributed by atoms with Gasteiger partial charge in [0.2, 0.25) is 22.1 Å². The Kier molecular flexibility index (Phi) is 8.65. The third-order valence-corrected chi connectivity index (χ3v) is 7.28. The van der Waals surface area contributed by atoms with E-state index in [1.807, 2.05) is 42.5 Å². The van der Waals surface area contributed by atoms with Gasteiger partial charge in [0.25, 0.3) is 0 Å². The molecule has 0 unspecified atom stereocenters. The van der Waals surface area contributed by atoms with E-state index in [1.165, 1.54) is 22.7 Å². The minimum Gasteiger partial charge on any atom is -0.300 e. The van der Waals surface area contributed by atoms with Crippen molar-refractivity contribution in [3.05, 3.63) is 76.0 Å². The first-order valence-corrected chi connectivity index (χ1v) is 13.2. The number of carbonyl (C=O) groups excluding carboxylic acids is 2. The van der Waals surface area contributed by atoms with Crippen LogP contribution in [0.5, 0.6) is 0 Å². The molecule has 4 rings (SSSR count). The molecule has 2 amide bonds. The molecule has 3 aromatic heterocycles. The summed E-state index contributed by atoms with van der Waals surface area (Å²) in [6.07, 6.45) is 2.90. The molecule has 9 nitrogen and oxygen atoms in total. The molecule has 1 aromatic carbocycles. The van der Waals surface area contributed by atoms with Crippen LogP contribution in [-0.4, -0.2) is 42.9 Å². The molecule has 2 N–H and O–H groups in total. The van der Waals surface area contributed by atoms with Gasteiger partial charge in [-0.05, 0) is 17.7 Å². The number of nitrogens with one attached hydrogen (secondary N) is 2. The van der Waals surface area contributed by atoms with Gasteiger partial charge in [-0.25, -0.2) is 0 Å². The fraction of sp³-hybridized carbons (Fsp3) is 0.227. The minimum absolute atomic E-state index is 0.109. The van der Waals surface area contributed by atoms with Crippen molar-refractivity contribution in [1.82, 2.24) is 25.4 Å². The number of anilines is 2. The van der Waals surface area contributed by atoms with E-state index in [4.69, 9.17) is 0 Å². The van der Waals surface area contributed by atoms with Crippen molar-refractivity contribution in [2.45, 2.75) is 25.0 Å². The van der Waals surface area contributed by atoms with Crippen molar-refractivity contribution in [3.63, 3.8) is 0 Å². The minimum atomic E-state index is -0.169. The normalized spacial score (nSPS) is 10.7. The van der Waals surface area contributed by atoms with Gasteiger partial charge in [-0.15, -0.1) is 20.4 Å². The highest BCUT2D eigenvalue weighted by molar-refractivity contribution is 7.98. The number of benzene rings is 1. The van der Waals surface area contributed by atoms with Gasteiger partial charge in [-0.2, -0.15) is 11.8 Å². The van der Waals surface area contributed by atoms with Gasteiger partial charge in [-0.1, -0.05) is 59.1 Å². The lowest BCUT2D eigenvalue weighted by molar-refractivity contribution is -0.116. The van der Waals surface area contributed by atoms with Crippen LogP contribution < -0.4 is 10.6 Å². The van der Waals surface area contributed by atoms with Crippen LogP contribution in [0.2, 0.25) is 0 Å². The first-order chi connectivity index (χ1) is 16.6. The number of thioether (sulfide) groups is 1. The molecular weight excluding hydrogens is 490 g/mol. The highest BCUT2D eigenvalue weighted by Gasteiger charge is 2.11. The van der Waals surface area contributed by atoms with E-state index in [9.17, 15) is 9.59 Å². The van der Waals surface area contributed by atoms with E-state index < -0.39 is 0 Å². The molecule has 0 radical (unpaired) electrons. The van der Waals surface area contributed by atoms with Crippen LogP contribution in [-0.2, 0) is 34.6 Å². The van der Waals surface area contributed by atoms with Gasteiger partial charge in [-0.3, -0.25) is 14.6 Å². The summed E-state index contributed by atoms with van der Waals surface area (Å²) < 4.78 is 0. The summed E-state index contributed by atoms with van der Waals surface area (Å²) in [5, 5.41) is 24.7. The highest BCUT2D eigenvalue weighted by Crippen LogP contribution is 2.22. The van der Waals surface area contributed by atoms with Crippen molar-refractivity contribution in [1.29, 1.82) is 0 Å². The van der Waals surface area contributed by atoms with Crippen LogP contribution in [0.3, 0.4) is 0 Å². The average molecular weight is 512 g/mol. The Morgan fingerprint density at radius 2 is 1.47 bits per heavy atom. The molecule has 0 aliphatic heterocycles. The first kappa shape index (κ1) is 23.9. The summed E-state index contributed by atoms with van der Waals surface area (Å²) in [4.78, 5) is 28.4. The highest BCUT2D eigenvalue weighted by atomic mass is 32.2. The van der Waals surface area contributed by atoms with Crippen LogP contribution in [0.15, 0.2) is 54.7 Å². The maximum Gasteiger partial charge on any atom is 0.232 e. The van der Waals surface area contributed by atoms with Crippen LogP contribution in [0.1, 0.15) is 21.3 Å². The SMILES string of the molecule is O=C(Cc1ccccc1)Nc1nnc(CCSCc2nnc(NC(=O)Cc3ccccn3)s2)s1. The quantitative estimate of drug-likeness (QED) is 0.293. The molecule has 0 saturated heterocycles. The Hall–Kier alpha value is -3.22. The van der Waals surface area contributed by atoms with Crippen LogP contribution in [0.4, 0.5) is 10.3 Å². The van der Waals surface area contributed by atoms with Crippen molar-refractivity contribution in [2.75, 3.05) is 16.4 Å². The van der Waals surface area contributed by atoms with Gasteiger partial charge in [0.15, 0.2) is 0 Å². The Morgan fingerprint density at radius 3 is 2.21 bits per heavy atom. The van der Waals surface area contributed by atoms with Crippen molar-refractivity contribution >= 4 is 56.5 Å². The molecule has 12 heteroatoms. The van der Waals surface area contributed by atoms with E-state index in [0.717, 1.165) is 27.8 Å². The van der Waals surface area contributed by atoms with E-state index >= 15 is 0 Å². The fourth-order valence-corrected chi connectivity index (χ4v) is 5.50. The Balaban J connectivity index is 1.15. The summed E-state index contributed by atoms with van der Waals surface area (Å²) in [5.74, 6) is 1.24. The number of pyridine rings is 1. The number of rotatable bonds is 11. The summed E-state index contributed by atoms with van der Waals surface area (Å²) in [6, 6.07) is 15.0. The van der Waals surface area contributed by atoms with Crippen LogP contribution in [0.25, 0.3) is 0 Å². The third-order valence-electron chi connectivity index (χ3n) is 4.39. The number of nitrogens with zero attached hydrogens (tertiary/aromatic N) is 5. The lowest BCUT2D eigenvalue weighted by atomic mass is 10.1. The lowest BCUT2D eigenvalue weighted by Crippen LogP contribution is -2.14. The fourth-order valence-electron chi connectivity index (χ4n) is 2.86. The molecule has 34 heavy (non-hydrogen) atoms. The van der Waals surface area contributed by atoms with Crippen molar-refractivity contribution in [3.8, 4) is 0 Å². The molecule has 4 aromatic rings. The Morgan fingerprint density at radius 1 is 0.794 bits per heavy atom. The first-order valence-electron chi connectivity index (χ1n) is 10.4. The second kappa shape index (κ2) is 12.3. The van der Waals surface area contributed by atoms with Crippen LogP contribution >= 0.6 is 34.4 Å². The molecule has 3 heterocycles. The molecule has 0 spiro atoms. The van der Waals surface area contributed by atoms with Gasteiger partial charge in [0, 0.05) is 29.8 Å².